The van der Waals surface area contributed by atoms with Crippen LogP contribution in [-0.4, -0.2) is 41.6 Å². The summed E-state index contributed by atoms with van der Waals surface area (Å²) in [5.74, 6) is 1.88. The highest BCUT2D eigenvalue weighted by atomic mass is 35.5. The molecule has 0 radical (unpaired) electrons. The van der Waals surface area contributed by atoms with Crippen molar-refractivity contribution < 1.29 is 0 Å². The van der Waals surface area contributed by atoms with Gasteiger partial charge in [0.2, 0.25) is 17.2 Å². The first-order valence-corrected chi connectivity index (χ1v) is 7.27. The van der Waals surface area contributed by atoms with E-state index in [0.29, 0.717) is 17.8 Å². The second-order valence-corrected chi connectivity index (χ2v) is 5.11. The van der Waals surface area contributed by atoms with E-state index in [1.165, 1.54) is 0 Å². The zero-order chi connectivity index (χ0) is 14.4. The minimum atomic E-state index is 0.253. The molecule has 0 saturated carbocycles. The molecule has 108 valence electrons. The lowest BCUT2D eigenvalue weighted by Crippen LogP contribution is -2.29. The molecule has 0 aliphatic heterocycles. The van der Waals surface area contributed by atoms with E-state index in [4.69, 9.17) is 11.6 Å². The molecule has 0 bridgehead atoms. The SMILES string of the molecule is CCC(C)CN(C)c1nc(Cl)nc(N(CC)CC)n1. The lowest BCUT2D eigenvalue weighted by atomic mass is 10.1. The van der Waals surface area contributed by atoms with Crippen LogP contribution in [0.5, 0.6) is 0 Å². The maximum absolute atomic E-state index is 6.01. The van der Waals surface area contributed by atoms with E-state index in [1.807, 2.05) is 11.9 Å². The van der Waals surface area contributed by atoms with Gasteiger partial charge in [-0.05, 0) is 31.4 Å². The van der Waals surface area contributed by atoms with Gasteiger partial charge in [0.05, 0.1) is 0 Å². The summed E-state index contributed by atoms with van der Waals surface area (Å²) in [4.78, 5) is 17.0. The maximum Gasteiger partial charge on any atom is 0.231 e. The average Bonchev–Trinajstić information content (AvgIpc) is 2.39. The molecular formula is C13H24ClN5. The predicted octanol–water partition coefficient (Wildman–Crippen LogP) is 2.85. The molecule has 0 spiro atoms. The smallest absolute Gasteiger partial charge is 0.231 e. The van der Waals surface area contributed by atoms with Gasteiger partial charge in [0.25, 0.3) is 0 Å². The second-order valence-electron chi connectivity index (χ2n) is 4.77. The molecule has 0 aliphatic carbocycles. The molecule has 19 heavy (non-hydrogen) atoms. The Morgan fingerprint density at radius 1 is 1.05 bits per heavy atom. The molecule has 5 nitrogen and oxygen atoms in total. The number of anilines is 2. The van der Waals surface area contributed by atoms with E-state index in [-0.39, 0.29) is 5.28 Å². The van der Waals surface area contributed by atoms with Gasteiger partial charge >= 0.3 is 0 Å². The maximum atomic E-state index is 6.01. The van der Waals surface area contributed by atoms with E-state index in [9.17, 15) is 0 Å². The fraction of sp³-hybridized carbons (Fsp3) is 0.769. The Labute approximate surface area is 121 Å². The van der Waals surface area contributed by atoms with E-state index in [1.54, 1.807) is 0 Å². The summed E-state index contributed by atoms with van der Waals surface area (Å²) in [5.41, 5.74) is 0. The molecule has 0 N–H and O–H groups in total. The zero-order valence-corrected chi connectivity index (χ0v) is 13.3. The van der Waals surface area contributed by atoms with Crippen LogP contribution in [0.4, 0.5) is 11.9 Å². The van der Waals surface area contributed by atoms with Crippen LogP contribution < -0.4 is 9.80 Å². The van der Waals surface area contributed by atoms with Crippen molar-refractivity contribution in [2.45, 2.75) is 34.1 Å². The van der Waals surface area contributed by atoms with Crippen molar-refractivity contribution in [3.05, 3.63) is 5.28 Å². The third-order valence-electron chi connectivity index (χ3n) is 3.25. The van der Waals surface area contributed by atoms with Crippen molar-refractivity contribution in [3.63, 3.8) is 0 Å². The molecule has 1 unspecified atom stereocenters. The summed E-state index contributed by atoms with van der Waals surface area (Å²) >= 11 is 6.01. The lowest BCUT2D eigenvalue weighted by Gasteiger charge is -2.23. The number of halogens is 1. The van der Waals surface area contributed by atoms with Gasteiger partial charge in [0.1, 0.15) is 0 Å². The minimum absolute atomic E-state index is 0.253. The summed E-state index contributed by atoms with van der Waals surface area (Å²) < 4.78 is 0. The molecule has 1 aromatic heterocycles. The van der Waals surface area contributed by atoms with Gasteiger partial charge in [-0.2, -0.15) is 15.0 Å². The van der Waals surface area contributed by atoms with Crippen LogP contribution in [0.15, 0.2) is 0 Å². The fourth-order valence-corrected chi connectivity index (χ4v) is 1.98. The third kappa shape index (κ3) is 4.49. The summed E-state index contributed by atoms with van der Waals surface area (Å²) in [6, 6.07) is 0. The van der Waals surface area contributed by atoms with Gasteiger partial charge in [-0.15, -0.1) is 0 Å². The van der Waals surface area contributed by atoms with Crippen LogP contribution in [-0.2, 0) is 0 Å². The van der Waals surface area contributed by atoms with Gasteiger partial charge in [-0.25, -0.2) is 0 Å². The van der Waals surface area contributed by atoms with Gasteiger partial charge < -0.3 is 9.80 Å². The second kappa shape index (κ2) is 7.48. The van der Waals surface area contributed by atoms with Gasteiger partial charge in [-0.3, -0.25) is 0 Å². The standard InChI is InChI=1S/C13H24ClN5/c1-6-10(4)9-18(5)12-15-11(14)16-13(17-12)19(7-2)8-3/h10H,6-9H2,1-5H3. The number of rotatable bonds is 7. The molecule has 6 heteroatoms. The lowest BCUT2D eigenvalue weighted by molar-refractivity contribution is 0.554. The Morgan fingerprint density at radius 3 is 2.16 bits per heavy atom. The minimum Gasteiger partial charge on any atom is -0.343 e. The Morgan fingerprint density at radius 2 is 1.63 bits per heavy atom. The largest absolute Gasteiger partial charge is 0.343 e. The third-order valence-corrected chi connectivity index (χ3v) is 3.42. The first kappa shape index (κ1) is 16.0. The summed E-state index contributed by atoms with van der Waals surface area (Å²) in [6.07, 6.45) is 1.13. The Kier molecular flexibility index (Phi) is 6.28. The van der Waals surface area contributed by atoms with Crippen molar-refractivity contribution in [2.24, 2.45) is 5.92 Å². The van der Waals surface area contributed by atoms with Crippen molar-refractivity contribution >= 4 is 23.5 Å². The van der Waals surface area contributed by atoms with Crippen molar-refractivity contribution in [3.8, 4) is 0 Å². The van der Waals surface area contributed by atoms with Crippen molar-refractivity contribution in [2.75, 3.05) is 36.5 Å². The zero-order valence-electron chi connectivity index (χ0n) is 12.5. The summed E-state index contributed by atoms with van der Waals surface area (Å²) in [6.45, 7) is 11.2. The first-order chi connectivity index (χ1) is 9.01. The fourth-order valence-electron chi connectivity index (χ4n) is 1.83. The summed E-state index contributed by atoms with van der Waals surface area (Å²) in [7, 11) is 1.99. The van der Waals surface area contributed by atoms with Crippen LogP contribution in [0, 0.1) is 5.92 Å². The Balaban J connectivity index is 2.95. The normalized spacial score (nSPS) is 12.3. The number of aromatic nitrogens is 3. The van der Waals surface area contributed by atoms with E-state index in [0.717, 1.165) is 26.1 Å². The van der Waals surface area contributed by atoms with Crippen LogP contribution in [0.3, 0.4) is 0 Å². The topological polar surface area (TPSA) is 45.2 Å². The molecule has 1 aromatic rings. The quantitative estimate of drug-likeness (QED) is 0.771. The monoisotopic (exact) mass is 285 g/mol. The first-order valence-electron chi connectivity index (χ1n) is 6.89. The van der Waals surface area contributed by atoms with E-state index in [2.05, 4.69) is 47.5 Å². The van der Waals surface area contributed by atoms with Crippen LogP contribution in [0.25, 0.3) is 0 Å². The van der Waals surface area contributed by atoms with Crippen molar-refractivity contribution in [1.82, 2.24) is 15.0 Å². The van der Waals surface area contributed by atoms with Gasteiger partial charge in [0, 0.05) is 26.7 Å². The van der Waals surface area contributed by atoms with Crippen LogP contribution in [0.1, 0.15) is 34.1 Å². The molecule has 0 amide bonds. The molecule has 1 atom stereocenters. The molecule has 0 aliphatic rings. The van der Waals surface area contributed by atoms with Crippen LogP contribution >= 0.6 is 11.6 Å². The Bertz CT molecular complexity index is 395. The molecule has 1 heterocycles. The van der Waals surface area contributed by atoms with Crippen LogP contribution in [0.2, 0.25) is 5.28 Å². The predicted molar refractivity (Wildman–Crippen MR) is 81.1 cm³/mol. The van der Waals surface area contributed by atoms with Gasteiger partial charge in [-0.1, -0.05) is 20.3 Å². The molecule has 0 saturated heterocycles. The van der Waals surface area contributed by atoms with Crippen molar-refractivity contribution in [1.29, 1.82) is 0 Å². The summed E-state index contributed by atoms with van der Waals surface area (Å²) in [5, 5.41) is 0.253. The Hall–Kier alpha value is -1.10. The molecule has 0 fully saturated rings. The average molecular weight is 286 g/mol. The molecule has 1 rings (SSSR count). The van der Waals surface area contributed by atoms with E-state index < -0.39 is 0 Å². The molecular weight excluding hydrogens is 262 g/mol. The van der Waals surface area contributed by atoms with Gasteiger partial charge in [0.15, 0.2) is 0 Å². The number of hydrogen-bond donors (Lipinski definition) is 0. The number of hydrogen-bond acceptors (Lipinski definition) is 5. The van der Waals surface area contributed by atoms with E-state index >= 15 is 0 Å². The highest BCUT2D eigenvalue weighted by Gasteiger charge is 2.14. The highest BCUT2D eigenvalue weighted by Crippen LogP contribution is 2.17. The highest BCUT2D eigenvalue weighted by molar-refractivity contribution is 6.28. The molecule has 0 aromatic carbocycles. The number of nitrogens with zero attached hydrogens (tertiary/aromatic N) is 5.